The first-order valence-electron chi connectivity index (χ1n) is 7.71. The highest BCUT2D eigenvalue weighted by Gasteiger charge is 2.07. The van der Waals surface area contributed by atoms with Crippen molar-refractivity contribution in [3.63, 3.8) is 0 Å². The van der Waals surface area contributed by atoms with Crippen LogP contribution in [0.15, 0.2) is 73.3 Å². The SMILES string of the molecule is CC(=O)c1ccc(-n2cnc3cc(-c4ccncc4)ccc32)cc1. The third-order valence-electron chi connectivity index (χ3n) is 4.11. The fraction of sp³-hybridized carbons (Fsp3) is 0.0500. The Balaban J connectivity index is 1.77. The van der Waals surface area contributed by atoms with E-state index in [1.807, 2.05) is 47.3 Å². The van der Waals surface area contributed by atoms with Crippen molar-refractivity contribution >= 4 is 16.8 Å². The lowest BCUT2D eigenvalue weighted by molar-refractivity contribution is 0.101. The van der Waals surface area contributed by atoms with Crippen molar-refractivity contribution in [1.29, 1.82) is 0 Å². The fourth-order valence-corrected chi connectivity index (χ4v) is 2.80. The van der Waals surface area contributed by atoms with Crippen molar-refractivity contribution in [2.45, 2.75) is 6.92 Å². The van der Waals surface area contributed by atoms with E-state index in [4.69, 9.17) is 0 Å². The fourth-order valence-electron chi connectivity index (χ4n) is 2.80. The normalized spacial score (nSPS) is 10.9. The summed E-state index contributed by atoms with van der Waals surface area (Å²) in [6.07, 6.45) is 5.38. The van der Waals surface area contributed by atoms with Gasteiger partial charge in [-0.1, -0.05) is 6.07 Å². The molecule has 0 bridgehead atoms. The van der Waals surface area contributed by atoms with Crippen LogP contribution in [0.4, 0.5) is 0 Å². The van der Waals surface area contributed by atoms with E-state index < -0.39 is 0 Å². The van der Waals surface area contributed by atoms with Gasteiger partial charge in [-0.15, -0.1) is 0 Å². The van der Waals surface area contributed by atoms with Crippen molar-refractivity contribution < 1.29 is 4.79 Å². The van der Waals surface area contributed by atoms with E-state index in [-0.39, 0.29) is 5.78 Å². The smallest absolute Gasteiger partial charge is 0.159 e. The summed E-state index contributed by atoms with van der Waals surface area (Å²) >= 11 is 0. The number of hydrogen-bond donors (Lipinski definition) is 0. The Morgan fingerprint density at radius 2 is 1.67 bits per heavy atom. The van der Waals surface area contributed by atoms with Crippen LogP contribution in [-0.4, -0.2) is 20.3 Å². The number of carbonyl (C=O) groups excluding carboxylic acids is 1. The maximum atomic E-state index is 11.4. The second-order valence-corrected chi connectivity index (χ2v) is 5.66. The number of nitrogens with zero attached hydrogens (tertiary/aromatic N) is 3. The van der Waals surface area contributed by atoms with Crippen LogP contribution >= 0.6 is 0 Å². The predicted molar refractivity (Wildman–Crippen MR) is 94.3 cm³/mol. The number of benzene rings is 2. The van der Waals surface area contributed by atoms with Gasteiger partial charge in [0, 0.05) is 23.6 Å². The molecule has 2 aromatic heterocycles. The van der Waals surface area contributed by atoms with E-state index >= 15 is 0 Å². The van der Waals surface area contributed by atoms with Gasteiger partial charge in [-0.05, 0) is 66.6 Å². The van der Waals surface area contributed by atoms with Crippen molar-refractivity contribution in [2.24, 2.45) is 0 Å². The van der Waals surface area contributed by atoms with E-state index in [0.717, 1.165) is 27.8 Å². The maximum absolute atomic E-state index is 11.4. The molecule has 4 nitrogen and oxygen atoms in total. The highest BCUT2D eigenvalue weighted by Crippen LogP contribution is 2.25. The molecule has 0 spiro atoms. The molecule has 116 valence electrons. The number of carbonyl (C=O) groups is 1. The Labute approximate surface area is 139 Å². The van der Waals surface area contributed by atoms with Crippen LogP contribution in [0, 0.1) is 0 Å². The largest absolute Gasteiger partial charge is 0.299 e. The van der Waals surface area contributed by atoms with Crippen LogP contribution in [0.2, 0.25) is 0 Å². The van der Waals surface area contributed by atoms with Gasteiger partial charge in [-0.2, -0.15) is 0 Å². The molecule has 0 N–H and O–H groups in total. The highest BCUT2D eigenvalue weighted by atomic mass is 16.1. The van der Waals surface area contributed by atoms with Gasteiger partial charge in [-0.3, -0.25) is 14.3 Å². The predicted octanol–water partition coefficient (Wildman–Crippen LogP) is 4.29. The zero-order chi connectivity index (χ0) is 16.5. The Bertz CT molecular complexity index is 1020. The standard InChI is InChI=1S/C20H15N3O/c1-14(24)15-2-5-18(6-3-15)23-13-22-19-12-17(4-7-20(19)23)16-8-10-21-11-9-16/h2-13H,1H3. The lowest BCUT2D eigenvalue weighted by Crippen LogP contribution is -1.95. The molecule has 0 atom stereocenters. The Hall–Kier alpha value is -3.27. The lowest BCUT2D eigenvalue weighted by Gasteiger charge is -2.06. The van der Waals surface area contributed by atoms with Crippen molar-refractivity contribution in [3.05, 3.63) is 78.9 Å². The molecule has 0 aliphatic carbocycles. The van der Waals surface area contributed by atoms with Crippen LogP contribution in [0.25, 0.3) is 27.8 Å². The Morgan fingerprint density at radius 3 is 2.38 bits per heavy atom. The Morgan fingerprint density at radius 1 is 0.917 bits per heavy atom. The molecular weight excluding hydrogens is 298 g/mol. The van der Waals surface area contributed by atoms with Crippen LogP contribution in [-0.2, 0) is 0 Å². The first-order chi connectivity index (χ1) is 11.7. The van der Waals surface area contributed by atoms with Crippen LogP contribution < -0.4 is 0 Å². The van der Waals surface area contributed by atoms with Gasteiger partial charge in [0.1, 0.15) is 6.33 Å². The third-order valence-corrected chi connectivity index (χ3v) is 4.11. The summed E-state index contributed by atoms with van der Waals surface area (Å²) in [5.74, 6) is 0.0685. The van der Waals surface area contributed by atoms with E-state index in [9.17, 15) is 4.79 Å². The minimum absolute atomic E-state index is 0.0685. The van der Waals surface area contributed by atoms with E-state index in [2.05, 4.69) is 28.2 Å². The van der Waals surface area contributed by atoms with Crippen LogP contribution in [0.3, 0.4) is 0 Å². The summed E-state index contributed by atoms with van der Waals surface area (Å²) in [5.41, 5.74) is 5.89. The molecule has 0 amide bonds. The molecule has 24 heavy (non-hydrogen) atoms. The first-order valence-corrected chi connectivity index (χ1v) is 7.71. The first kappa shape index (κ1) is 14.3. The number of hydrogen-bond acceptors (Lipinski definition) is 3. The van der Waals surface area contributed by atoms with Crippen molar-refractivity contribution in [3.8, 4) is 16.8 Å². The Kier molecular flexibility index (Phi) is 3.43. The second-order valence-electron chi connectivity index (χ2n) is 5.66. The quantitative estimate of drug-likeness (QED) is 0.530. The van der Waals surface area contributed by atoms with Crippen molar-refractivity contribution in [2.75, 3.05) is 0 Å². The number of Topliss-reactive ketones (excluding diaryl/α,β-unsaturated/α-hetero) is 1. The number of rotatable bonds is 3. The lowest BCUT2D eigenvalue weighted by atomic mass is 10.1. The van der Waals surface area contributed by atoms with E-state index in [1.54, 1.807) is 19.3 Å². The van der Waals surface area contributed by atoms with Gasteiger partial charge in [0.05, 0.1) is 11.0 Å². The minimum Gasteiger partial charge on any atom is -0.299 e. The molecule has 0 fully saturated rings. The number of imidazole rings is 1. The van der Waals surface area contributed by atoms with Gasteiger partial charge < -0.3 is 0 Å². The summed E-state index contributed by atoms with van der Waals surface area (Å²) in [4.78, 5) is 20.0. The molecule has 0 unspecified atom stereocenters. The maximum Gasteiger partial charge on any atom is 0.159 e. The number of pyridine rings is 1. The molecule has 4 heteroatoms. The summed E-state index contributed by atoms with van der Waals surface area (Å²) in [7, 11) is 0. The summed E-state index contributed by atoms with van der Waals surface area (Å²) < 4.78 is 2.02. The molecule has 0 radical (unpaired) electrons. The summed E-state index contributed by atoms with van der Waals surface area (Å²) in [5, 5.41) is 0. The van der Waals surface area contributed by atoms with E-state index in [0.29, 0.717) is 5.56 Å². The van der Waals surface area contributed by atoms with Crippen molar-refractivity contribution in [1.82, 2.24) is 14.5 Å². The van der Waals surface area contributed by atoms with E-state index in [1.165, 1.54) is 0 Å². The average Bonchev–Trinajstić information content (AvgIpc) is 3.05. The zero-order valence-electron chi connectivity index (χ0n) is 13.2. The third kappa shape index (κ3) is 2.48. The average molecular weight is 313 g/mol. The molecule has 0 aliphatic heterocycles. The number of aromatic nitrogens is 3. The molecule has 0 aliphatic rings. The monoisotopic (exact) mass is 313 g/mol. The molecule has 0 saturated carbocycles. The molecular formula is C20H15N3O. The van der Waals surface area contributed by atoms with Gasteiger partial charge in [-0.25, -0.2) is 4.98 Å². The van der Waals surface area contributed by atoms with Crippen LogP contribution in [0.1, 0.15) is 17.3 Å². The molecule has 4 rings (SSSR count). The number of fused-ring (bicyclic) bond motifs is 1. The van der Waals surface area contributed by atoms with Gasteiger partial charge in [0.2, 0.25) is 0 Å². The molecule has 2 heterocycles. The summed E-state index contributed by atoms with van der Waals surface area (Å²) in [6.45, 7) is 1.57. The number of ketones is 1. The molecule has 0 saturated heterocycles. The van der Waals surface area contributed by atoms with Gasteiger partial charge >= 0.3 is 0 Å². The second kappa shape index (κ2) is 5.74. The molecule has 4 aromatic rings. The van der Waals surface area contributed by atoms with Gasteiger partial charge in [0.15, 0.2) is 5.78 Å². The zero-order valence-corrected chi connectivity index (χ0v) is 13.2. The highest BCUT2D eigenvalue weighted by molar-refractivity contribution is 5.94. The molecule has 2 aromatic carbocycles. The van der Waals surface area contributed by atoms with Gasteiger partial charge in [0.25, 0.3) is 0 Å². The van der Waals surface area contributed by atoms with Crippen LogP contribution in [0.5, 0.6) is 0 Å². The topological polar surface area (TPSA) is 47.8 Å². The summed E-state index contributed by atoms with van der Waals surface area (Å²) in [6, 6.07) is 17.8. The minimum atomic E-state index is 0.0685.